The normalized spacial score (nSPS) is 16.2. The van der Waals surface area contributed by atoms with Crippen LogP contribution in [0, 0.1) is 0 Å². The van der Waals surface area contributed by atoms with E-state index in [0.717, 1.165) is 36.6 Å². The number of nitrogens with zero attached hydrogens (tertiary/aromatic N) is 3. The first kappa shape index (κ1) is 16.7. The van der Waals surface area contributed by atoms with Crippen molar-refractivity contribution >= 4 is 17.2 Å². The van der Waals surface area contributed by atoms with Gasteiger partial charge >= 0.3 is 0 Å². The number of benzene rings is 1. The average molecular weight is 325 g/mol. The standard InChI is InChI=1S/C19H27N5/c1-23-12-14-24(15-13-23)11-5-6-16-9-10-21-19(18(16)20)22-17-7-3-2-4-8-17/h2-4,7-10H,5-6,11-15,20H2,1H3,(H,21,22). The summed E-state index contributed by atoms with van der Waals surface area (Å²) in [5.74, 6) is 0.748. The van der Waals surface area contributed by atoms with Gasteiger partial charge < -0.3 is 20.9 Å². The molecule has 128 valence electrons. The number of para-hydroxylation sites is 1. The minimum atomic E-state index is 0.748. The molecule has 2 aromatic rings. The molecule has 0 radical (unpaired) electrons. The predicted molar refractivity (Wildman–Crippen MR) is 101 cm³/mol. The van der Waals surface area contributed by atoms with Gasteiger partial charge in [0, 0.05) is 38.1 Å². The molecule has 0 bridgehead atoms. The number of hydrogen-bond acceptors (Lipinski definition) is 5. The largest absolute Gasteiger partial charge is 0.396 e. The molecular weight excluding hydrogens is 298 g/mol. The zero-order valence-electron chi connectivity index (χ0n) is 14.4. The highest BCUT2D eigenvalue weighted by Crippen LogP contribution is 2.24. The van der Waals surface area contributed by atoms with Crippen molar-refractivity contribution in [2.45, 2.75) is 12.8 Å². The van der Waals surface area contributed by atoms with E-state index in [1.54, 1.807) is 0 Å². The summed E-state index contributed by atoms with van der Waals surface area (Å²) < 4.78 is 0. The summed E-state index contributed by atoms with van der Waals surface area (Å²) in [4.78, 5) is 9.32. The molecule has 1 aromatic carbocycles. The lowest BCUT2D eigenvalue weighted by atomic mass is 10.1. The Bertz CT molecular complexity index is 635. The Morgan fingerprint density at radius 2 is 1.83 bits per heavy atom. The summed E-state index contributed by atoms with van der Waals surface area (Å²) in [5, 5.41) is 3.31. The van der Waals surface area contributed by atoms with Crippen LogP contribution >= 0.6 is 0 Å². The van der Waals surface area contributed by atoms with E-state index in [0.29, 0.717) is 0 Å². The van der Waals surface area contributed by atoms with Crippen molar-refractivity contribution in [3.8, 4) is 0 Å². The lowest BCUT2D eigenvalue weighted by Gasteiger charge is -2.32. The van der Waals surface area contributed by atoms with Crippen LogP contribution < -0.4 is 11.1 Å². The van der Waals surface area contributed by atoms with Crippen LogP contribution in [0.4, 0.5) is 17.2 Å². The second-order valence-electron chi connectivity index (χ2n) is 6.47. The maximum absolute atomic E-state index is 6.32. The Balaban J connectivity index is 1.55. The van der Waals surface area contributed by atoms with E-state index < -0.39 is 0 Å². The Morgan fingerprint density at radius 3 is 2.58 bits per heavy atom. The predicted octanol–water partition coefficient (Wildman–Crippen LogP) is 2.59. The number of piperazine rings is 1. The number of pyridine rings is 1. The zero-order valence-corrected chi connectivity index (χ0v) is 14.4. The lowest BCUT2D eigenvalue weighted by molar-refractivity contribution is 0.153. The maximum Gasteiger partial charge on any atom is 0.153 e. The SMILES string of the molecule is CN1CCN(CCCc2ccnc(Nc3ccccc3)c2N)CC1. The number of aromatic nitrogens is 1. The minimum Gasteiger partial charge on any atom is -0.396 e. The quantitative estimate of drug-likeness (QED) is 0.855. The maximum atomic E-state index is 6.32. The monoisotopic (exact) mass is 325 g/mol. The fraction of sp³-hybridized carbons (Fsp3) is 0.421. The van der Waals surface area contributed by atoms with E-state index in [2.05, 4.69) is 27.1 Å². The van der Waals surface area contributed by atoms with Gasteiger partial charge in [-0.1, -0.05) is 18.2 Å². The number of nitrogens with one attached hydrogen (secondary N) is 1. The Morgan fingerprint density at radius 1 is 1.08 bits per heavy atom. The molecule has 1 saturated heterocycles. The van der Waals surface area contributed by atoms with Crippen LogP contribution in [0.3, 0.4) is 0 Å². The van der Waals surface area contributed by atoms with Crippen molar-refractivity contribution in [2.24, 2.45) is 0 Å². The third-order valence-electron chi connectivity index (χ3n) is 4.63. The number of nitrogens with two attached hydrogens (primary N) is 1. The van der Waals surface area contributed by atoms with Gasteiger partial charge in [-0.25, -0.2) is 4.98 Å². The van der Waals surface area contributed by atoms with Crippen LogP contribution in [0.25, 0.3) is 0 Å². The van der Waals surface area contributed by atoms with Gasteiger partial charge in [-0.3, -0.25) is 0 Å². The summed E-state index contributed by atoms with van der Waals surface area (Å²) >= 11 is 0. The molecule has 0 unspecified atom stereocenters. The van der Waals surface area contributed by atoms with Gasteiger partial charge in [0.25, 0.3) is 0 Å². The number of hydrogen-bond donors (Lipinski definition) is 2. The Hall–Kier alpha value is -2.11. The van der Waals surface area contributed by atoms with Crippen LogP contribution in [-0.4, -0.2) is 54.6 Å². The smallest absolute Gasteiger partial charge is 0.153 e. The molecule has 5 heteroatoms. The number of aryl methyl sites for hydroxylation is 1. The summed E-state index contributed by atoms with van der Waals surface area (Å²) in [6, 6.07) is 12.1. The van der Waals surface area contributed by atoms with Gasteiger partial charge in [-0.2, -0.15) is 0 Å². The van der Waals surface area contributed by atoms with Gasteiger partial charge in [0.05, 0.1) is 5.69 Å². The first-order valence-electron chi connectivity index (χ1n) is 8.69. The number of likely N-dealkylation sites (N-methyl/N-ethyl adjacent to an activating group) is 1. The second kappa shape index (κ2) is 8.13. The number of rotatable bonds is 6. The number of nitrogen functional groups attached to an aromatic ring is 1. The molecule has 3 rings (SSSR count). The van der Waals surface area contributed by atoms with Gasteiger partial charge in [-0.15, -0.1) is 0 Å². The van der Waals surface area contributed by atoms with E-state index in [1.807, 2.05) is 42.6 Å². The van der Waals surface area contributed by atoms with E-state index in [4.69, 9.17) is 5.73 Å². The second-order valence-corrected chi connectivity index (χ2v) is 6.47. The van der Waals surface area contributed by atoms with Crippen molar-refractivity contribution in [2.75, 3.05) is 50.8 Å². The third kappa shape index (κ3) is 4.46. The minimum absolute atomic E-state index is 0.748. The summed E-state index contributed by atoms with van der Waals surface area (Å²) in [5.41, 5.74) is 9.27. The van der Waals surface area contributed by atoms with Crippen molar-refractivity contribution in [1.82, 2.24) is 14.8 Å². The molecule has 1 aliphatic rings. The van der Waals surface area contributed by atoms with Crippen molar-refractivity contribution < 1.29 is 0 Å². The van der Waals surface area contributed by atoms with Crippen LogP contribution in [0.2, 0.25) is 0 Å². The van der Waals surface area contributed by atoms with E-state index in [-0.39, 0.29) is 0 Å². The molecule has 1 aromatic heterocycles. The van der Waals surface area contributed by atoms with Gasteiger partial charge in [0.1, 0.15) is 0 Å². The summed E-state index contributed by atoms with van der Waals surface area (Å²) in [6.07, 6.45) is 3.96. The summed E-state index contributed by atoms with van der Waals surface area (Å²) in [6.45, 7) is 5.81. The highest BCUT2D eigenvalue weighted by molar-refractivity contribution is 5.71. The van der Waals surface area contributed by atoms with Crippen LogP contribution in [0.15, 0.2) is 42.6 Å². The highest BCUT2D eigenvalue weighted by atomic mass is 15.2. The fourth-order valence-corrected chi connectivity index (χ4v) is 3.05. The molecule has 2 heterocycles. The lowest BCUT2D eigenvalue weighted by Crippen LogP contribution is -2.44. The van der Waals surface area contributed by atoms with Crippen LogP contribution in [0.1, 0.15) is 12.0 Å². The van der Waals surface area contributed by atoms with E-state index in [1.165, 1.54) is 31.7 Å². The Kier molecular flexibility index (Phi) is 5.67. The van der Waals surface area contributed by atoms with Gasteiger partial charge in [-0.05, 0) is 50.2 Å². The highest BCUT2D eigenvalue weighted by Gasteiger charge is 2.13. The first-order chi connectivity index (χ1) is 11.7. The fourth-order valence-electron chi connectivity index (χ4n) is 3.05. The molecule has 0 atom stereocenters. The molecular formula is C19H27N5. The molecule has 0 saturated carbocycles. The first-order valence-corrected chi connectivity index (χ1v) is 8.69. The van der Waals surface area contributed by atoms with Gasteiger partial charge in [0.15, 0.2) is 5.82 Å². The molecule has 0 spiro atoms. The molecule has 5 nitrogen and oxygen atoms in total. The van der Waals surface area contributed by atoms with E-state index in [9.17, 15) is 0 Å². The molecule has 24 heavy (non-hydrogen) atoms. The van der Waals surface area contributed by atoms with Crippen molar-refractivity contribution in [3.05, 3.63) is 48.2 Å². The molecule has 1 fully saturated rings. The van der Waals surface area contributed by atoms with Crippen LogP contribution in [-0.2, 0) is 6.42 Å². The van der Waals surface area contributed by atoms with Crippen LogP contribution in [0.5, 0.6) is 0 Å². The molecule has 0 amide bonds. The zero-order chi connectivity index (χ0) is 16.8. The van der Waals surface area contributed by atoms with E-state index >= 15 is 0 Å². The van der Waals surface area contributed by atoms with Gasteiger partial charge in [0.2, 0.25) is 0 Å². The molecule has 3 N–H and O–H groups in total. The van der Waals surface area contributed by atoms with Crippen molar-refractivity contribution in [3.63, 3.8) is 0 Å². The molecule has 0 aliphatic carbocycles. The Labute approximate surface area is 144 Å². The van der Waals surface area contributed by atoms with Crippen molar-refractivity contribution in [1.29, 1.82) is 0 Å². The molecule has 1 aliphatic heterocycles. The average Bonchev–Trinajstić information content (AvgIpc) is 2.61. The third-order valence-corrected chi connectivity index (χ3v) is 4.63. The summed E-state index contributed by atoms with van der Waals surface area (Å²) in [7, 11) is 2.19. The topological polar surface area (TPSA) is 57.4 Å². The number of anilines is 3.